The standard InChI is InChI=1S/C24H36N4O/c1-17-14-19(24(3,4)5)15-18(2)21(17)10-12-26-23(29)25-11-9-20-16-28-13-7-6-8-22(28)27-20/h14-16H,6-13H2,1-5H3,(H2,25,26,29). The molecule has 1 aliphatic rings. The highest BCUT2D eigenvalue weighted by Crippen LogP contribution is 2.27. The first-order valence-corrected chi connectivity index (χ1v) is 10.9. The topological polar surface area (TPSA) is 59.0 Å². The maximum atomic E-state index is 12.1. The average Bonchev–Trinajstić information content (AvgIpc) is 3.05. The summed E-state index contributed by atoms with van der Waals surface area (Å²) < 4.78 is 2.26. The van der Waals surface area contributed by atoms with Gasteiger partial charge in [0.05, 0.1) is 5.69 Å². The Kier molecular flexibility index (Phi) is 6.66. The highest BCUT2D eigenvalue weighted by atomic mass is 16.2. The molecule has 3 rings (SSSR count). The van der Waals surface area contributed by atoms with E-state index < -0.39 is 0 Å². The predicted molar refractivity (Wildman–Crippen MR) is 119 cm³/mol. The lowest BCUT2D eigenvalue weighted by atomic mass is 9.83. The molecule has 1 aromatic carbocycles. The van der Waals surface area contributed by atoms with Crippen LogP contribution in [0.2, 0.25) is 0 Å². The van der Waals surface area contributed by atoms with Crippen molar-refractivity contribution in [1.82, 2.24) is 20.2 Å². The van der Waals surface area contributed by atoms with Crippen LogP contribution in [-0.4, -0.2) is 28.7 Å². The molecule has 2 heterocycles. The van der Waals surface area contributed by atoms with Gasteiger partial charge in [-0.2, -0.15) is 0 Å². The highest BCUT2D eigenvalue weighted by Gasteiger charge is 2.16. The molecule has 1 aliphatic heterocycles. The number of amides is 2. The number of nitrogens with zero attached hydrogens (tertiary/aromatic N) is 2. The maximum absolute atomic E-state index is 12.1. The Labute approximate surface area is 175 Å². The third-order valence-electron chi connectivity index (χ3n) is 5.85. The van der Waals surface area contributed by atoms with E-state index >= 15 is 0 Å². The van der Waals surface area contributed by atoms with E-state index in [0.29, 0.717) is 13.1 Å². The summed E-state index contributed by atoms with van der Waals surface area (Å²) in [5, 5.41) is 5.95. The van der Waals surface area contributed by atoms with E-state index in [2.05, 4.69) is 73.1 Å². The van der Waals surface area contributed by atoms with Gasteiger partial charge in [-0.15, -0.1) is 0 Å². The average molecular weight is 397 g/mol. The summed E-state index contributed by atoms with van der Waals surface area (Å²) in [5.74, 6) is 1.19. The number of urea groups is 1. The van der Waals surface area contributed by atoms with Gasteiger partial charge in [0.15, 0.2) is 0 Å². The van der Waals surface area contributed by atoms with Gasteiger partial charge in [0.2, 0.25) is 0 Å². The number of fused-ring (bicyclic) bond motifs is 1. The van der Waals surface area contributed by atoms with Crippen LogP contribution in [0.5, 0.6) is 0 Å². The molecule has 0 saturated carbocycles. The van der Waals surface area contributed by atoms with Crippen LogP contribution in [0.25, 0.3) is 0 Å². The minimum Gasteiger partial charge on any atom is -0.338 e. The van der Waals surface area contributed by atoms with Crippen LogP contribution in [0.15, 0.2) is 18.3 Å². The second-order valence-electron chi connectivity index (χ2n) is 9.32. The van der Waals surface area contributed by atoms with Crippen molar-refractivity contribution in [1.29, 1.82) is 0 Å². The summed E-state index contributed by atoms with van der Waals surface area (Å²) in [5.41, 5.74) is 6.54. The number of aromatic nitrogens is 2. The number of hydrogen-bond acceptors (Lipinski definition) is 2. The zero-order chi connectivity index (χ0) is 21.0. The van der Waals surface area contributed by atoms with Crippen molar-refractivity contribution in [2.45, 2.75) is 78.7 Å². The van der Waals surface area contributed by atoms with Gasteiger partial charge in [-0.05, 0) is 60.8 Å². The lowest BCUT2D eigenvalue weighted by Crippen LogP contribution is -2.37. The SMILES string of the molecule is Cc1cc(C(C)(C)C)cc(C)c1CCNC(=O)NCCc1cn2c(n1)CCCC2. The Hall–Kier alpha value is -2.30. The van der Waals surface area contributed by atoms with E-state index in [9.17, 15) is 4.79 Å². The summed E-state index contributed by atoms with van der Waals surface area (Å²) in [7, 11) is 0. The number of rotatable bonds is 6. The van der Waals surface area contributed by atoms with Gasteiger partial charge in [-0.3, -0.25) is 0 Å². The first-order valence-electron chi connectivity index (χ1n) is 10.9. The molecule has 0 bridgehead atoms. The summed E-state index contributed by atoms with van der Waals surface area (Å²) in [6, 6.07) is 4.47. The van der Waals surface area contributed by atoms with E-state index in [1.54, 1.807) is 0 Å². The number of aryl methyl sites for hydroxylation is 4. The second kappa shape index (κ2) is 9.02. The number of carbonyl (C=O) groups excluding carboxylic acids is 1. The molecule has 0 atom stereocenters. The van der Waals surface area contributed by atoms with E-state index in [1.165, 1.54) is 40.9 Å². The zero-order valence-electron chi connectivity index (χ0n) is 18.7. The lowest BCUT2D eigenvalue weighted by Gasteiger charge is -2.22. The monoisotopic (exact) mass is 396 g/mol. The number of nitrogens with one attached hydrogen (secondary N) is 2. The van der Waals surface area contributed by atoms with Gasteiger partial charge in [-0.25, -0.2) is 9.78 Å². The van der Waals surface area contributed by atoms with Crippen LogP contribution in [-0.2, 0) is 31.2 Å². The molecular weight excluding hydrogens is 360 g/mol. The molecule has 5 heteroatoms. The van der Waals surface area contributed by atoms with Crippen LogP contribution in [0, 0.1) is 13.8 Å². The van der Waals surface area contributed by atoms with Crippen LogP contribution in [0.4, 0.5) is 4.79 Å². The first-order chi connectivity index (χ1) is 13.7. The van der Waals surface area contributed by atoms with E-state index in [-0.39, 0.29) is 11.4 Å². The molecule has 0 radical (unpaired) electrons. The van der Waals surface area contributed by atoms with Gasteiger partial charge in [0.1, 0.15) is 5.82 Å². The molecule has 0 aliphatic carbocycles. The number of hydrogen-bond donors (Lipinski definition) is 2. The number of imidazole rings is 1. The van der Waals surface area contributed by atoms with Crippen molar-refractivity contribution in [2.24, 2.45) is 0 Å². The smallest absolute Gasteiger partial charge is 0.314 e. The van der Waals surface area contributed by atoms with Gasteiger partial charge in [-0.1, -0.05) is 32.9 Å². The molecule has 0 fully saturated rings. The van der Waals surface area contributed by atoms with E-state index in [1.807, 2.05) is 0 Å². The molecular formula is C24H36N4O. The molecule has 5 nitrogen and oxygen atoms in total. The molecule has 2 amide bonds. The second-order valence-corrected chi connectivity index (χ2v) is 9.32. The normalized spacial score (nSPS) is 13.8. The van der Waals surface area contributed by atoms with Gasteiger partial charge in [0.25, 0.3) is 0 Å². The van der Waals surface area contributed by atoms with Crippen LogP contribution >= 0.6 is 0 Å². The molecule has 2 aromatic rings. The van der Waals surface area contributed by atoms with Gasteiger partial charge >= 0.3 is 6.03 Å². The molecule has 0 unspecified atom stereocenters. The summed E-state index contributed by atoms with van der Waals surface area (Å²) >= 11 is 0. The molecule has 2 N–H and O–H groups in total. The molecule has 0 spiro atoms. The summed E-state index contributed by atoms with van der Waals surface area (Å²) in [4.78, 5) is 16.8. The Balaban J connectivity index is 1.42. The molecule has 29 heavy (non-hydrogen) atoms. The summed E-state index contributed by atoms with van der Waals surface area (Å²) in [6.07, 6.45) is 7.31. The lowest BCUT2D eigenvalue weighted by molar-refractivity contribution is 0.241. The van der Waals surface area contributed by atoms with Crippen molar-refractivity contribution in [2.75, 3.05) is 13.1 Å². The third kappa shape index (κ3) is 5.62. The van der Waals surface area contributed by atoms with E-state index in [0.717, 1.165) is 31.5 Å². The Morgan fingerprint density at radius 2 is 1.72 bits per heavy atom. The van der Waals surface area contributed by atoms with Crippen molar-refractivity contribution < 1.29 is 4.79 Å². The number of benzene rings is 1. The Morgan fingerprint density at radius 1 is 1.07 bits per heavy atom. The molecule has 0 saturated heterocycles. The Bertz CT molecular complexity index is 814. The summed E-state index contributed by atoms with van der Waals surface area (Å²) in [6.45, 7) is 13.4. The largest absolute Gasteiger partial charge is 0.338 e. The minimum atomic E-state index is -0.101. The van der Waals surface area contributed by atoms with Crippen LogP contribution in [0.3, 0.4) is 0 Å². The van der Waals surface area contributed by atoms with Crippen molar-refractivity contribution in [3.05, 3.63) is 52.1 Å². The van der Waals surface area contributed by atoms with Gasteiger partial charge < -0.3 is 15.2 Å². The van der Waals surface area contributed by atoms with E-state index in [4.69, 9.17) is 0 Å². The van der Waals surface area contributed by atoms with Gasteiger partial charge in [0, 0.05) is 38.7 Å². The first kappa shape index (κ1) is 21.4. The van der Waals surface area contributed by atoms with Crippen molar-refractivity contribution in [3.63, 3.8) is 0 Å². The fourth-order valence-corrected chi connectivity index (χ4v) is 4.08. The molecule has 158 valence electrons. The zero-order valence-corrected chi connectivity index (χ0v) is 18.7. The van der Waals surface area contributed by atoms with Crippen molar-refractivity contribution >= 4 is 6.03 Å². The predicted octanol–water partition coefficient (Wildman–Crippen LogP) is 4.22. The van der Waals surface area contributed by atoms with Crippen molar-refractivity contribution in [3.8, 4) is 0 Å². The van der Waals surface area contributed by atoms with Crippen LogP contribution < -0.4 is 10.6 Å². The fourth-order valence-electron chi connectivity index (χ4n) is 4.08. The quantitative estimate of drug-likeness (QED) is 0.768. The van der Waals surface area contributed by atoms with Crippen LogP contribution in [0.1, 0.15) is 67.4 Å². The number of carbonyl (C=O) groups is 1. The molecule has 1 aromatic heterocycles. The highest BCUT2D eigenvalue weighted by molar-refractivity contribution is 5.73. The fraction of sp³-hybridized carbons (Fsp3) is 0.583. The third-order valence-corrected chi connectivity index (χ3v) is 5.85. The Morgan fingerprint density at radius 3 is 2.34 bits per heavy atom. The minimum absolute atomic E-state index is 0.101. The maximum Gasteiger partial charge on any atom is 0.314 e.